The van der Waals surface area contributed by atoms with Gasteiger partial charge < -0.3 is 10.4 Å². The lowest BCUT2D eigenvalue weighted by atomic mass is 10.1. The van der Waals surface area contributed by atoms with Gasteiger partial charge in [-0.15, -0.1) is 11.8 Å². The lowest BCUT2D eigenvalue weighted by Crippen LogP contribution is -2.17. The first kappa shape index (κ1) is 13.9. The summed E-state index contributed by atoms with van der Waals surface area (Å²) in [6, 6.07) is 7.52. The van der Waals surface area contributed by atoms with Crippen molar-refractivity contribution in [2.45, 2.75) is 18.7 Å². The molecule has 0 aromatic heterocycles. The maximum Gasteiger partial charge on any atom is 0.307 e. The molecule has 0 saturated heterocycles. The number of carbonyl (C=O) groups excluding carboxylic acids is 1. The van der Waals surface area contributed by atoms with Crippen LogP contribution < -0.4 is 5.32 Å². The van der Waals surface area contributed by atoms with Crippen LogP contribution in [0.25, 0.3) is 0 Å². The van der Waals surface area contributed by atoms with E-state index in [0.717, 1.165) is 4.90 Å². The molecular weight excluding hydrogens is 262 g/mol. The Balaban J connectivity index is 2.08. The second-order valence-corrected chi connectivity index (χ2v) is 6.22. The molecule has 2 atom stereocenters. The Morgan fingerprint density at radius 2 is 2.00 bits per heavy atom. The summed E-state index contributed by atoms with van der Waals surface area (Å²) in [7, 11) is 0. The van der Waals surface area contributed by atoms with Crippen LogP contribution in [0, 0.1) is 17.3 Å². The topological polar surface area (TPSA) is 66.4 Å². The summed E-state index contributed by atoms with van der Waals surface area (Å²) in [4.78, 5) is 24.2. The van der Waals surface area contributed by atoms with Crippen molar-refractivity contribution in [3.8, 4) is 0 Å². The average molecular weight is 279 g/mol. The zero-order valence-electron chi connectivity index (χ0n) is 11.1. The fourth-order valence-electron chi connectivity index (χ4n) is 2.51. The molecule has 4 nitrogen and oxygen atoms in total. The highest BCUT2D eigenvalue weighted by atomic mass is 32.2. The molecule has 1 aromatic rings. The Kier molecular flexibility index (Phi) is 3.58. The Labute approximate surface area is 116 Å². The number of hydrogen-bond donors (Lipinski definition) is 2. The minimum Gasteiger partial charge on any atom is -0.481 e. The van der Waals surface area contributed by atoms with Gasteiger partial charge in [0.25, 0.3) is 0 Å². The van der Waals surface area contributed by atoms with Crippen LogP contribution in [0.15, 0.2) is 29.2 Å². The number of thioether (sulfide) groups is 1. The second kappa shape index (κ2) is 4.89. The van der Waals surface area contributed by atoms with Crippen molar-refractivity contribution < 1.29 is 14.7 Å². The molecule has 1 aromatic carbocycles. The van der Waals surface area contributed by atoms with Crippen LogP contribution in [0.3, 0.4) is 0 Å². The first-order valence-electron chi connectivity index (χ1n) is 6.05. The van der Waals surface area contributed by atoms with E-state index in [1.54, 1.807) is 11.8 Å². The fraction of sp³-hybridized carbons (Fsp3) is 0.429. The third-order valence-corrected chi connectivity index (χ3v) is 4.44. The number of amides is 1. The van der Waals surface area contributed by atoms with E-state index in [9.17, 15) is 9.59 Å². The van der Waals surface area contributed by atoms with Crippen LogP contribution in [0.5, 0.6) is 0 Å². The van der Waals surface area contributed by atoms with Crippen molar-refractivity contribution in [1.29, 1.82) is 0 Å². The highest BCUT2D eigenvalue weighted by Crippen LogP contribution is 2.58. The van der Waals surface area contributed by atoms with E-state index in [0.29, 0.717) is 5.69 Å². The summed E-state index contributed by atoms with van der Waals surface area (Å²) < 4.78 is 0. The minimum absolute atomic E-state index is 0.212. The predicted octanol–water partition coefficient (Wildman–Crippen LogP) is 2.70. The van der Waals surface area contributed by atoms with Crippen molar-refractivity contribution in [3.63, 3.8) is 0 Å². The Morgan fingerprint density at radius 1 is 1.32 bits per heavy atom. The molecule has 0 radical (unpaired) electrons. The molecule has 0 heterocycles. The number of carbonyl (C=O) groups is 2. The van der Waals surface area contributed by atoms with Gasteiger partial charge in [0.2, 0.25) is 5.91 Å². The number of aliphatic carboxylic acids is 1. The van der Waals surface area contributed by atoms with Gasteiger partial charge in [0.15, 0.2) is 0 Å². The van der Waals surface area contributed by atoms with Gasteiger partial charge in [0.05, 0.1) is 11.8 Å². The van der Waals surface area contributed by atoms with Gasteiger partial charge in [-0.1, -0.05) is 19.9 Å². The normalized spacial score (nSPS) is 23.7. The third-order valence-electron chi connectivity index (χ3n) is 3.71. The van der Waals surface area contributed by atoms with E-state index in [1.807, 2.05) is 44.4 Å². The molecule has 0 unspecified atom stereocenters. The van der Waals surface area contributed by atoms with E-state index < -0.39 is 23.2 Å². The molecule has 0 aliphatic heterocycles. The first-order chi connectivity index (χ1) is 8.87. The largest absolute Gasteiger partial charge is 0.481 e. The van der Waals surface area contributed by atoms with Crippen LogP contribution in [0.1, 0.15) is 13.8 Å². The van der Waals surface area contributed by atoms with Gasteiger partial charge in [-0.2, -0.15) is 0 Å². The zero-order chi connectivity index (χ0) is 14.2. The number of anilines is 1. The van der Waals surface area contributed by atoms with Gasteiger partial charge in [0.1, 0.15) is 0 Å². The molecule has 1 fully saturated rings. The lowest BCUT2D eigenvalue weighted by Gasteiger charge is -2.07. The Hall–Kier alpha value is -1.49. The molecule has 1 amide bonds. The zero-order valence-corrected chi connectivity index (χ0v) is 12.0. The van der Waals surface area contributed by atoms with Crippen LogP contribution in [-0.4, -0.2) is 23.2 Å². The summed E-state index contributed by atoms with van der Waals surface area (Å²) in [5, 5.41) is 11.9. The number of rotatable bonds is 4. The quantitative estimate of drug-likeness (QED) is 0.832. The van der Waals surface area contributed by atoms with Crippen molar-refractivity contribution in [1.82, 2.24) is 0 Å². The number of carboxylic acid groups (broad SMARTS) is 1. The van der Waals surface area contributed by atoms with Gasteiger partial charge in [-0.3, -0.25) is 9.59 Å². The first-order valence-corrected chi connectivity index (χ1v) is 7.28. The maximum atomic E-state index is 12.1. The van der Waals surface area contributed by atoms with Gasteiger partial charge in [-0.05, 0) is 29.9 Å². The van der Waals surface area contributed by atoms with E-state index in [-0.39, 0.29) is 5.91 Å². The van der Waals surface area contributed by atoms with Crippen molar-refractivity contribution in [2.24, 2.45) is 17.3 Å². The molecule has 1 aliphatic rings. The van der Waals surface area contributed by atoms with Crippen molar-refractivity contribution in [3.05, 3.63) is 24.3 Å². The lowest BCUT2D eigenvalue weighted by molar-refractivity contribution is -0.140. The van der Waals surface area contributed by atoms with Crippen molar-refractivity contribution in [2.75, 3.05) is 11.6 Å². The molecule has 1 aliphatic carbocycles. The molecular formula is C14H17NO3S. The number of hydrogen-bond acceptors (Lipinski definition) is 3. The van der Waals surface area contributed by atoms with Crippen LogP contribution in [-0.2, 0) is 9.59 Å². The molecule has 0 bridgehead atoms. The van der Waals surface area contributed by atoms with E-state index in [4.69, 9.17) is 5.11 Å². The Bertz CT molecular complexity index is 527. The standard InChI is InChI=1S/C14H17NO3S/c1-14(2)10(11(14)13(17)18)12(16)15-8-5-4-6-9(7-8)19-3/h4-7,10-11H,1-3H3,(H,15,16)(H,17,18)/t10-,11+/m1/s1. The number of benzene rings is 1. The second-order valence-electron chi connectivity index (χ2n) is 5.34. The number of carboxylic acids is 1. The summed E-state index contributed by atoms with van der Waals surface area (Å²) in [6.45, 7) is 3.63. The monoisotopic (exact) mass is 279 g/mol. The molecule has 2 N–H and O–H groups in total. The summed E-state index contributed by atoms with van der Waals surface area (Å²) in [5.41, 5.74) is 0.247. The third kappa shape index (κ3) is 2.61. The summed E-state index contributed by atoms with van der Waals surface area (Å²) >= 11 is 1.59. The van der Waals surface area contributed by atoms with E-state index in [2.05, 4.69) is 5.32 Å². The molecule has 102 valence electrons. The summed E-state index contributed by atoms with van der Waals surface area (Å²) in [5.74, 6) is -2.15. The van der Waals surface area contributed by atoms with Gasteiger partial charge >= 0.3 is 5.97 Å². The highest BCUT2D eigenvalue weighted by Gasteiger charge is 2.65. The highest BCUT2D eigenvalue weighted by molar-refractivity contribution is 7.98. The van der Waals surface area contributed by atoms with Gasteiger partial charge in [0, 0.05) is 10.6 Å². The fourth-order valence-corrected chi connectivity index (χ4v) is 2.97. The van der Waals surface area contributed by atoms with Crippen LogP contribution in [0.4, 0.5) is 5.69 Å². The number of nitrogens with one attached hydrogen (secondary N) is 1. The van der Waals surface area contributed by atoms with Crippen LogP contribution in [0.2, 0.25) is 0 Å². The maximum absolute atomic E-state index is 12.1. The molecule has 1 saturated carbocycles. The van der Waals surface area contributed by atoms with Crippen molar-refractivity contribution >= 4 is 29.3 Å². The smallest absolute Gasteiger partial charge is 0.307 e. The minimum atomic E-state index is -0.900. The molecule has 0 spiro atoms. The summed E-state index contributed by atoms with van der Waals surface area (Å²) in [6.07, 6.45) is 1.96. The molecule has 2 rings (SSSR count). The molecule has 5 heteroatoms. The average Bonchev–Trinajstić information content (AvgIpc) is 2.93. The van der Waals surface area contributed by atoms with E-state index in [1.165, 1.54) is 0 Å². The van der Waals surface area contributed by atoms with Gasteiger partial charge in [-0.25, -0.2) is 0 Å². The van der Waals surface area contributed by atoms with E-state index >= 15 is 0 Å². The SMILES string of the molecule is CSc1cccc(NC(=O)[C@H]2[C@@H](C(=O)O)C2(C)C)c1. The molecule has 19 heavy (non-hydrogen) atoms. The van der Waals surface area contributed by atoms with Crippen LogP contribution >= 0.6 is 11.8 Å². The Morgan fingerprint density at radius 3 is 2.53 bits per heavy atom. The predicted molar refractivity (Wildman–Crippen MR) is 75.2 cm³/mol.